The van der Waals surface area contributed by atoms with Crippen LogP contribution in [-0.2, 0) is 32.6 Å². The highest BCUT2D eigenvalue weighted by Gasteiger charge is 2.34. The molecule has 0 aliphatic heterocycles. The minimum Gasteiger partial charge on any atom is -0.354 e. The Bertz CT molecular complexity index is 1460. The van der Waals surface area contributed by atoms with Gasteiger partial charge in [-0.25, -0.2) is 17.2 Å². The Balaban J connectivity index is 2.09. The summed E-state index contributed by atoms with van der Waals surface area (Å²) in [5.74, 6) is -3.67. The summed E-state index contributed by atoms with van der Waals surface area (Å²) in [4.78, 5) is 28.8. The predicted molar refractivity (Wildman–Crippen MR) is 157 cm³/mol. The zero-order valence-electron chi connectivity index (χ0n) is 22.6. The van der Waals surface area contributed by atoms with E-state index in [0.717, 1.165) is 30.4 Å². The van der Waals surface area contributed by atoms with E-state index in [2.05, 4.69) is 5.32 Å². The van der Waals surface area contributed by atoms with Crippen molar-refractivity contribution >= 4 is 50.7 Å². The molecule has 0 radical (unpaired) electrons. The molecule has 3 aromatic carbocycles. The molecule has 0 fully saturated rings. The van der Waals surface area contributed by atoms with E-state index >= 15 is 0 Å². The number of nitrogens with zero attached hydrogens (tertiary/aromatic N) is 2. The lowest BCUT2D eigenvalue weighted by Gasteiger charge is -2.34. The van der Waals surface area contributed by atoms with E-state index in [9.17, 15) is 26.8 Å². The molecular formula is C29H31Cl2F2N3O4S. The average molecular weight is 627 g/mol. The third-order valence-electron chi connectivity index (χ3n) is 6.36. The Kier molecular flexibility index (Phi) is 11.5. The van der Waals surface area contributed by atoms with E-state index in [4.69, 9.17) is 23.2 Å². The largest absolute Gasteiger partial charge is 0.354 e. The van der Waals surface area contributed by atoms with Crippen molar-refractivity contribution < 1.29 is 26.8 Å². The number of halogens is 4. The molecule has 1 unspecified atom stereocenters. The molecule has 12 heteroatoms. The number of hydrogen-bond acceptors (Lipinski definition) is 4. The minimum atomic E-state index is -4.14. The molecular weight excluding hydrogens is 595 g/mol. The molecule has 1 atom stereocenters. The first-order chi connectivity index (χ1) is 19.4. The number of benzene rings is 3. The Hall–Kier alpha value is -3.21. The monoisotopic (exact) mass is 625 g/mol. The van der Waals surface area contributed by atoms with Gasteiger partial charge in [-0.2, -0.15) is 0 Å². The molecule has 0 aliphatic carbocycles. The van der Waals surface area contributed by atoms with Crippen molar-refractivity contribution in [2.24, 2.45) is 0 Å². The first kappa shape index (κ1) is 32.3. The number of unbranched alkanes of at least 4 members (excludes halogenated alkanes) is 1. The molecule has 3 aromatic rings. The van der Waals surface area contributed by atoms with Gasteiger partial charge in [0.25, 0.3) is 0 Å². The maximum Gasteiger partial charge on any atom is 0.244 e. The second-order valence-corrected chi connectivity index (χ2v) is 12.2. The molecule has 3 rings (SSSR count). The molecule has 0 aliphatic rings. The van der Waals surface area contributed by atoms with Gasteiger partial charge in [0.15, 0.2) is 11.6 Å². The van der Waals surface area contributed by atoms with Gasteiger partial charge >= 0.3 is 0 Å². The number of sulfonamides is 1. The van der Waals surface area contributed by atoms with Crippen LogP contribution < -0.4 is 9.62 Å². The lowest BCUT2D eigenvalue weighted by Crippen LogP contribution is -2.53. The van der Waals surface area contributed by atoms with Gasteiger partial charge in [0.1, 0.15) is 12.6 Å². The van der Waals surface area contributed by atoms with Crippen LogP contribution in [0.25, 0.3) is 0 Å². The van der Waals surface area contributed by atoms with Crippen LogP contribution in [0.3, 0.4) is 0 Å². The normalized spacial score (nSPS) is 12.0. The van der Waals surface area contributed by atoms with E-state index in [0.29, 0.717) is 28.9 Å². The van der Waals surface area contributed by atoms with Gasteiger partial charge in [0, 0.05) is 41.2 Å². The van der Waals surface area contributed by atoms with Crippen LogP contribution in [0.5, 0.6) is 0 Å². The first-order valence-corrected chi connectivity index (χ1v) is 15.5. The molecule has 0 heterocycles. The predicted octanol–water partition coefficient (Wildman–Crippen LogP) is 5.59. The van der Waals surface area contributed by atoms with Crippen molar-refractivity contribution in [3.05, 3.63) is 99.5 Å². The van der Waals surface area contributed by atoms with Crippen molar-refractivity contribution in [3.63, 3.8) is 0 Å². The van der Waals surface area contributed by atoms with Gasteiger partial charge in [0.05, 0.1) is 11.9 Å². The zero-order valence-corrected chi connectivity index (χ0v) is 24.9. The summed E-state index contributed by atoms with van der Waals surface area (Å²) < 4.78 is 53.8. The molecule has 0 aromatic heterocycles. The number of anilines is 1. The van der Waals surface area contributed by atoms with Crippen molar-refractivity contribution in [1.82, 2.24) is 10.2 Å². The molecule has 41 heavy (non-hydrogen) atoms. The SMILES string of the molecule is CCCCNC(=O)C(Cc1ccccc1)N(Cc1c(Cl)cccc1Cl)C(=O)CN(c1ccc(F)c(F)c1)S(C)(=O)=O. The molecule has 0 bridgehead atoms. The Morgan fingerprint density at radius 3 is 2.20 bits per heavy atom. The number of rotatable bonds is 13. The van der Waals surface area contributed by atoms with Gasteiger partial charge in [-0.3, -0.25) is 13.9 Å². The third-order valence-corrected chi connectivity index (χ3v) is 8.21. The van der Waals surface area contributed by atoms with E-state index < -0.39 is 46.1 Å². The summed E-state index contributed by atoms with van der Waals surface area (Å²) in [6.07, 6.45) is 2.50. The van der Waals surface area contributed by atoms with Gasteiger partial charge < -0.3 is 10.2 Å². The minimum absolute atomic E-state index is 0.108. The number of hydrogen-bond donors (Lipinski definition) is 1. The Labute approximate surface area is 249 Å². The van der Waals surface area contributed by atoms with Gasteiger partial charge in [-0.15, -0.1) is 0 Å². The van der Waals surface area contributed by atoms with Gasteiger partial charge in [-0.05, 0) is 36.2 Å². The highest BCUT2D eigenvalue weighted by atomic mass is 35.5. The summed E-state index contributed by atoms with van der Waals surface area (Å²) in [6.45, 7) is 1.34. The molecule has 0 spiro atoms. The molecule has 220 valence electrons. The van der Waals surface area contributed by atoms with E-state index in [-0.39, 0.29) is 28.7 Å². The fourth-order valence-corrected chi connectivity index (χ4v) is 5.53. The van der Waals surface area contributed by atoms with Crippen LogP contribution in [0.2, 0.25) is 10.0 Å². The number of carbonyl (C=O) groups excluding carboxylic acids is 2. The molecule has 7 nitrogen and oxygen atoms in total. The molecule has 0 saturated heterocycles. The summed E-state index contributed by atoms with van der Waals surface area (Å²) in [6, 6.07) is 15.3. The van der Waals surface area contributed by atoms with Crippen LogP contribution >= 0.6 is 23.2 Å². The standard InChI is InChI=1S/C29H31Cl2F2N3O4S/c1-3-4-15-34-29(38)27(16-20-9-6-5-7-10-20)35(18-22-23(30)11-8-12-24(22)31)28(37)19-36(41(2,39)40)21-13-14-25(32)26(33)17-21/h5-14,17,27H,3-4,15-16,18-19H2,1-2H3,(H,34,38). The number of nitrogens with one attached hydrogen (secondary N) is 1. The van der Waals surface area contributed by atoms with E-state index in [1.165, 1.54) is 4.90 Å². The fourth-order valence-electron chi connectivity index (χ4n) is 4.17. The Morgan fingerprint density at radius 1 is 0.951 bits per heavy atom. The molecule has 0 saturated carbocycles. The smallest absolute Gasteiger partial charge is 0.244 e. The van der Waals surface area contributed by atoms with Gasteiger partial charge in [-0.1, -0.05) is 72.9 Å². The summed E-state index contributed by atoms with van der Waals surface area (Å²) in [5, 5.41) is 3.36. The van der Waals surface area contributed by atoms with E-state index in [1.54, 1.807) is 30.3 Å². The van der Waals surface area contributed by atoms with Crippen molar-refractivity contribution in [1.29, 1.82) is 0 Å². The first-order valence-electron chi connectivity index (χ1n) is 12.9. The zero-order chi connectivity index (χ0) is 30.2. The average Bonchev–Trinajstić information content (AvgIpc) is 2.92. The Morgan fingerprint density at radius 2 is 1.61 bits per heavy atom. The fraction of sp³-hybridized carbons (Fsp3) is 0.310. The second kappa shape index (κ2) is 14.6. The van der Waals surface area contributed by atoms with Crippen molar-refractivity contribution in [2.45, 2.75) is 38.8 Å². The lowest BCUT2D eigenvalue weighted by molar-refractivity contribution is -0.140. The van der Waals surface area contributed by atoms with Crippen LogP contribution in [0, 0.1) is 11.6 Å². The van der Waals surface area contributed by atoms with Crippen molar-refractivity contribution in [3.8, 4) is 0 Å². The highest BCUT2D eigenvalue weighted by molar-refractivity contribution is 7.92. The molecule has 1 N–H and O–H groups in total. The highest BCUT2D eigenvalue weighted by Crippen LogP contribution is 2.28. The van der Waals surface area contributed by atoms with Crippen LogP contribution in [-0.4, -0.2) is 50.5 Å². The quantitative estimate of drug-likeness (QED) is 0.251. The van der Waals surface area contributed by atoms with Crippen LogP contribution in [0.4, 0.5) is 14.5 Å². The summed E-state index contributed by atoms with van der Waals surface area (Å²) >= 11 is 12.9. The van der Waals surface area contributed by atoms with Crippen LogP contribution in [0.15, 0.2) is 66.7 Å². The third kappa shape index (κ3) is 8.89. The van der Waals surface area contributed by atoms with Crippen molar-refractivity contribution in [2.75, 3.05) is 23.7 Å². The lowest BCUT2D eigenvalue weighted by atomic mass is 10.0. The number of amides is 2. The maximum absolute atomic E-state index is 14.0. The summed E-state index contributed by atoms with van der Waals surface area (Å²) in [7, 11) is -4.14. The second-order valence-electron chi connectivity index (χ2n) is 9.44. The topological polar surface area (TPSA) is 86.8 Å². The van der Waals surface area contributed by atoms with Gasteiger partial charge in [0.2, 0.25) is 21.8 Å². The van der Waals surface area contributed by atoms with E-state index in [1.807, 2.05) is 25.1 Å². The summed E-state index contributed by atoms with van der Waals surface area (Å²) in [5.41, 5.74) is 0.872. The number of carbonyl (C=O) groups is 2. The van der Waals surface area contributed by atoms with Crippen LogP contribution in [0.1, 0.15) is 30.9 Å². The molecule has 2 amide bonds. The maximum atomic E-state index is 14.0.